The highest BCUT2D eigenvalue weighted by Gasteiger charge is 2.31. The molecule has 0 aliphatic carbocycles. The molecule has 2 amide bonds. The first-order chi connectivity index (χ1) is 12.0. The Balaban J connectivity index is 1.60. The molecule has 2 aliphatic heterocycles. The van der Waals surface area contributed by atoms with Crippen LogP contribution in [0.3, 0.4) is 0 Å². The summed E-state index contributed by atoms with van der Waals surface area (Å²) in [5.74, 6) is 0.126. The molecule has 2 heterocycles. The van der Waals surface area contributed by atoms with Crippen LogP contribution in [-0.4, -0.2) is 52.7 Å². The first-order valence-corrected chi connectivity index (χ1v) is 8.80. The molecule has 7 heteroatoms. The van der Waals surface area contributed by atoms with Crippen molar-refractivity contribution in [2.45, 2.75) is 32.6 Å². The smallest absolute Gasteiger partial charge is 0.272 e. The normalized spacial score (nSPS) is 18.4. The fourth-order valence-corrected chi connectivity index (χ4v) is 3.70. The van der Waals surface area contributed by atoms with Crippen LogP contribution in [0.4, 0.5) is 5.69 Å². The lowest BCUT2D eigenvalue weighted by molar-refractivity contribution is -0.385. The number of carbonyl (C=O) groups is 2. The lowest BCUT2D eigenvalue weighted by Gasteiger charge is -2.33. The maximum absolute atomic E-state index is 12.6. The number of benzene rings is 1. The van der Waals surface area contributed by atoms with Crippen LogP contribution < -0.4 is 0 Å². The summed E-state index contributed by atoms with van der Waals surface area (Å²) in [5.41, 5.74) is 0.967. The van der Waals surface area contributed by atoms with Crippen molar-refractivity contribution in [3.63, 3.8) is 0 Å². The lowest BCUT2D eigenvalue weighted by Crippen LogP contribution is -2.43. The molecular weight excluding hydrogens is 322 g/mol. The van der Waals surface area contributed by atoms with Gasteiger partial charge in [0.05, 0.1) is 4.92 Å². The van der Waals surface area contributed by atoms with Crippen LogP contribution in [0.1, 0.15) is 41.6 Å². The number of aryl methyl sites for hydroxylation is 1. The Morgan fingerprint density at radius 2 is 1.72 bits per heavy atom. The van der Waals surface area contributed by atoms with E-state index >= 15 is 0 Å². The molecule has 0 aromatic heterocycles. The highest BCUT2D eigenvalue weighted by molar-refractivity contribution is 5.95. The molecule has 0 saturated carbocycles. The molecular formula is C18H23N3O4. The van der Waals surface area contributed by atoms with Gasteiger partial charge in [0.25, 0.3) is 11.6 Å². The summed E-state index contributed by atoms with van der Waals surface area (Å²) in [6.07, 6.45) is 3.55. The molecule has 3 rings (SSSR count). The second kappa shape index (κ2) is 7.21. The molecule has 0 atom stereocenters. The van der Waals surface area contributed by atoms with Crippen molar-refractivity contribution >= 4 is 17.5 Å². The fourth-order valence-electron chi connectivity index (χ4n) is 3.70. The maximum atomic E-state index is 12.6. The molecule has 0 radical (unpaired) electrons. The number of nitro benzene ring substituents is 1. The van der Waals surface area contributed by atoms with E-state index in [1.807, 2.05) is 4.90 Å². The van der Waals surface area contributed by atoms with Crippen molar-refractivity contribution in [3.05, 3.63) is 39.4 Å². The van der Waals surface area contributed by atoms with Crippen molar-refractivity contribution < 1.29 is 14.5 Å². The van der Waals surface area contributed by atoms with Crippen molar-refractivity contribution in [1.29, 1.82) is 0 Å². The number of rotatable bonds is 3. The average Bonchev–Trinajstić information content (AvgIpc) is 3.15. The molecule has 2 saturated heterocycles. The number of likely N-dealkylation sites (tertiary alicyclic amines) is 2. The summed E-state index contributed by atoms with van der Waals surface area (Å²) in [7, 11) is 0. The predicted molar refractivity (Wildman–Crippen MR) is 92.3 cm³/mol. The van der Waals surface area contributed by atoms with Gasteiger partial charge in [0.15, 0.2) is 0 Å². The quantitative estimate of drug-likeness (QED) is 0.622. The van der Waals surface area contributed by atoms with Crippen LogP contribution in [-0.2, 0) is 4.79 Å². The first-order valence-electron chi connectivity index (χ1n) is 8.80. The van der Waals surface area contributed by atoms with Gasteiger partial charge in [0.1, 0.15) is 0 Å². The highest BCUT2D eigenvalue weighted by atomic mass is 16.6. The number of hydrogen-bond acceptors (Lipinski definition) is 4. The summed E-state index contributed by atoms with van der Waals surface area (Å²) in [4.78, 5) is 39.2. The van der Waals surface area contributed by atoms with Crippen molar-refractivity contribution in [3.8, 4) is 0 Å². The third kappa shape index (κ3) is 3.65. The summed E-state index contributed by atoms with van der Waals surface area (Å²) in [6.45, 7) is 4.47. The standard InChI is InChI=1S/C18H23N3O4/c1-13-12-15(4-5-16(13)21(24)25)18(23)20-10-6-14(7-11-20)17(22)19-8-2-3-9-19/h4-5,12,14H,2-3,6-11H2,1H3. The Hall–Kier alpha value is -2.44. The van der Waals surface area contributed by atoms with E-state index in [9.17, 15) is 19.7 Å². The number of nitrogens with zero attached hydrogens (tertiary/aromatic N) is 3. The molecule has 1 aromatic carbocycles. The van der Waals surface area contributed by atoms with Crippen LogP contribution in [0.15, 0.2) is 18.2 Å². The van der Waals surface area contributed by atoms with Gasteiger partial charge in [0, 0.05) is 49.3 Å². The van der Waals surface area contributed by atoms with Gasteiger partial charge in [0.2, 0.25) is 5.91 Å². The van der Waals surface area contributed by atoms with E-state index < -0.39 is 4.92 Å². The Labute approximate surface area is 146 Å². The van der Waals surface area contributed by atoms with Gasteiger partial charge in [-0.2, -0.15) is 0 Å². The third-order valence-electron chi connectivity index (χ3n) is 5.19. The minimum Gasteiger partial charge on any atom is -0.342 e. The molecule has 134 valence electrons. The Kier molecular flexibility index (Phi) is 5.01. The zero-order chi connectivity index (χ0) is 18.0. The molecule has 0 unspecified atom stereocenters. The van der Waals surface area contributed by atoms with Gasteiger partial charge < -0.3 is 9.80 Å². The average molecular weight is 345 g/mol. The largest absolute Gasteiger partial charge is 0.342 e. The van der Waals surface area contributed by atoms with Crippen LogP contribution in [0.5, 0.6) is 0 Å². The fraction of sp³-hybridized carbons (Fsp3) is 0.556. The molecule has 2 fully saturated rings. The van der Waals surface area contributed by atoms with Crippen LogP contribution >= 0.6 is 0 Å². The number of hydrogen-bond donors (Lipinski definition) is 0. The Morgan fingerprint density at radius 1 is 1.08 bits per heavy atom. The summed E-state index contributed by atoms with van der Waals surface area (Å²) in [5, 5.41) is 10.9. The van der Waals surface area contributed by atoms with Crippen molar-refractivity contribution in [1.82, 2.24) is 9.80 Å². The van der Waals surface area contributed by atoms with E-state index in [4.69, 9.17) is 0 Å². The molecule has 0 spiro atoms. The molecule has 0 N–H and O–H groups in total. The van der Waals surface area contributed by atoms with E-state index in [1.54, 1.807) is 17.9 Å². The highest BCUT2D eigenvalue weighted by Crippen LogP contribution is 2.24. The SMILES string of the molecule is Cc1cc(C(=O)N2CCC(C(=O)N3CCCC3)CC2)ccc1[N+](=O)[O-]. The summed E-state index contributed by atoms with van der Waals surface area (Å²) < 4.78 is 0. The first kappa shape index (κ1) is 17.4. The molecule has 0 bridgehead atoms. The minimum absolute atomic E-state index is 0.0146. The Morgan fingerprint density at radius 3 is 2.28 bits per heavy atom. The number of piperidine rings is 1. The minimum atomic E-state index is -0.445. The van der Waals surface area contributed by atoms with Crippen molar-refractivity contribution in [2.24, 2.45) is 5.92 Å². The van der Waals surface area contributed by atoms with Gasteiger partial charge >= 0.3 is 0 Å². The monoisotopic (exact) mass is 345 g/mol. The topological polar surface area (TPSA) is 83.8 Å². The van der Waals surface area contributed by atoms with Gasteiger partial charge in [-0.15, -0.1) is 0 Å². The van der Waals surface area contributed by atoms with Crippen LogP contribution in [0, 0.1) is 23.0 Å². The summed E-state index contributed by atoms with van der Waals surface area (Å²) >= 11 is 0. The van der Waals surface area contributed by atoms with Crippen LogP contribution in [0.2, 0.25) is 0 Å². The molecule has 1 aromatic rings. The number of carbonyl (C=O) groups excluding carboxylic acids is 2. The predicted octanol–water partition coefficient (Wildman–Crippen LogP) is 2.38. The van der Waals surface area contributed by atoms with Gasteiger partial charge in [-0.3, -0.25) is 19.7 Å². The second-order valence-corrected chi connectivity index (χ2v) is 6.86. The van der Waals surface area contributed by atoms with Crippen LogP contribution in [0.25, 0.3) is 0 Å². The molecule has 7 nitrogen and oxygen atoms in total. The van der Waals surface area contributed by atoms with Gasteiger partial charge in [-0.1, -0.05) is 0 Å². The van der Waals surface area contributed by atoms with E-state index in [-0.39, 0.29) is 23.4 Å². The second-order valence-electron chi connectivity index (χ2n) is 6.86. The number of nitro groups is 1. The maximum Gasteiger partial charge on any atom is 0.272 e. The zero-order valence-corrected chi connectivity index (χ0v) is 14.4. The Bertz CT molecular complexity index is 690. The van der Waals surface area contributed by atoms with Gasteiger partial charge in [-0.25, -0.2) is 0 Å². The lowest BCUT2D eigenvalue weighted by atomic mass is 9.94. The van der Waals surface area contributed by atoms with E-state index in [2.05, 4.69) is 0 Å². The summed E-state index contributed by atoms with van der Waals surface area (Å²) in [6, 6.07) is 4.46. The van der Waals surface area contributed by atoms with E-state index in [0.29, 0.717) is 37.1 Å². The van der Waals surface area contributed by atoms with Crippen molar-refractivity contribution in [2.75, 3.05) is 26.2 Å². The third-order valence-corrected chi connectivity index (χ3v) is 5.19. The molecule has 25 heavy (non-hydrogen) atoms. The number of amides is 2. The van der Waals surface area contributed by atoms with E-state index in [1.165, 1.54) is 12.1 Å². The zero-order valence-electron chi connectivity index (χ0n) is 14.4. The van der Waals surface area contributed by atoms with E-state index in [0.717, 1.165) is 25.9 Å². The molecule has 2 aliphatic rings. The van der Waals surface area contributed by atoms with Gasteiger partial charge in [-0.05, 0) is 44.7 Å².